The summed E-state index contributed by atoms with van der Waals surface area (Å²) in [6.07, 6.45) is 2.20. The molecule has 1 aliphatic heterocycles. The maximum atomic E-state index is 6.42. The minimum absolute atomic E-state index is 0.0487. The van der Waals surface area contributed by atoms with Crippen LogP contribution >= 0.6 is 0 Å². The molecule has 1 aliphatic rings. The van der Waals surface area contributed by atoms with Gasteiger partial charge in [0.25, 0.3) is 0 Å². The number of hydrogen-bond acceptors (Lipinski definition) is 2. The molecule has 3 rings (SSSR count). The summed E-state index contributed by atoms with van der Waals surface area (Å²) in [6.45, 7) is 13.4. The van der Waals surface area contributed by atoms with Crippen LogP contribution in [0.4, 0.5) is 5.69 Å². The molecule has 0 aromatic heterocycles. The van der Waals surface area contributed by atoms with E-state index in [-0.39, 0.29) is 5.54 Å². The first kappa shape index (κ1) is 17.8. The highest BCUT2D eigenvalue weighted by Gasteiger charge is 2.29. The molecule has 2 aromatic carbocycles. The van der Waals surface area contributed by atoms with E-state index < -0.39 is 0 Å². The van der Waals surface area contributed by atoms with Gasteiger partial charge >= 0.3 is 0 Å². The second-order valence-electron chi connectivity index (χ2n) is 8.27. The molecule has 0 aliphatic carbocycles. The van der Waals surface area contributed by atoms with E-state index in [1.165, 1.54) is 16.7 Å². The van der Waals surface area contributed by atoms with E-state index in [1.807, 2.05) is 0 Å². The zero-order valence-corrected chi connectivity index (χ0v) is 16.4. The molecule has 2 atom stereocenters. The molecule has 2 heteroatoms. The van der Waals surface area contributed by atoms with Gasteiger partial charge in [-0.2, -0.15) is 0 Å². The van der Waals surface area contributed by atoms with Crippen LogP contribution in [0.25, 0.3) is 0 Å². The largest absolute Gasteiger partial charge is 0.456 e. The SMILES string of the molecule is CCC(C)c1cccc2c1Oc1ccc(NC(C)(C)C)cc1C2CC. The van der Waals surface area contributed by atoms with E-state index in [2.05, 4.69) is 83.3 Å². The van der Waals surface area contributed by atoms with E-state index in [4.69, 9.17) is 4.74 Å². The van der Waals surface area contributed by atoms with Gasteiger partial charge in [-0.05, 0) is 63.3 Å². The Morgan fingerprint density at radius 1 is 1.08 bits per heavy atom. The number of ether oxygens (including phenoxy) is 1. The summed E-state index contributed by atoms with van der Waals surface area (Å²) in [6, 6.07) is 13.2. The summed E-state index contributed by atoms with van der Waals surface area (Å²) in [5.74, 6) is 3.00. The first-order valence-corrected chi connectivity index (χ1v) is 9.56. The molecule has 25 heavy (non-hydrogen) atoms. The average molecular weight is 338 g/mol. The van der Waals surface area contributed by atoms with Crippen molar-refractivity contribution < 1.29 is 4.74 Å². The Morgan fingerprint density at radius 2 is 1.84 bits per heavy atom. The van der Waals surface area contributed by atoms with Gasteiger partial charge < -0.3 is 10.1 Å². The van der Waals surface area contributed by atoms with Gasteiger partial charge in [-0.1, -0.05) is 39.0 Å². The maximum Gasteiger partial charge on any atom is 0.134 e. The van der Waals surface area contributed by atoms with Crippen molar-refractivity contribution >= 4 is 5.69 Å². The van der Waals surface area contributed by atoms with Gasteiger partial charge in [0.2, 0.25) is 0 Å². The summed E-state index contributed by atoms with van der Waals surface area (Å²) < 4.78 is 6.42. The van der Waals surface area contributed by atoms with Crippen LogP contribution in [0.3, 0.4) is 0 Å². The summed E-state index contributed by atoms with van der Waals surface area (Å²) in [7, 11) is 0. The molecule has 134 valence electrons. The fourth-order valence-electron chi connectivity index (χ4n) is 3.72. The molecule has 1 N–H and O–H groups in total. The Balaban J connectivity index is 2.06. The topological polar surface area (TPSA) is 21.3 Å². The Labute approximate surface area is 152 Å². The van der Waals surface area contributed by atoms with Gasteiger partial charge in [-0.25, -0.2) is 0 Å². The smallest absolute Gasteiger partial charge is 0.134 e. The van der Waals surface area contributed by atoms with Crippen LogP contribution in [0.15, 0.2) is 36.4 Å². The van der Waals surface area contributed by atoms with Crippen molar-refractivity contribution in [2.45, 2.75) is 71.8 Å². The highest BCUT2D eigenvalue weighted by Crippen LogP contribution is 2.49. The Kier molecular flexibility index (Phi) is 4.81. The van der Waals surface area contributed by atoms with Gasteiger partial charge in [0.1, 0.15) is 11.5 Å². The van der Waals surface area contributed by atoms with Gasteiger partial charge in [-0.15, -0.1) is 0 Å². The molecular weight excluding hydrogens is 306 g/mol. The highest BCUT2D eigenvalue weighted by atomic mass is 16.5. The fraction of sp³-hybridized carbons (Fsp3) is 0.478. The van der Waals surface area contributed by atoms with Crippen molar-refractivity contribution in [3.05, 3.63) is 53.1 Å². The lowest BCUT2D eigenvalue weighted by molar-refractivity contribution is 0.433. The van der Waals surface area contributed by atoms with E-state index in [9.17, 15) is 0 Å². The van der Waals surface area contributed by atoms with Crippen molar-refractivity contribution in [1.29, 1.82) is 0 Å². The molecule has 0 radical (unpaired) electrons. The lowest BCUT2D eigenvalue weighted by Gasteiger charge is -2.31. The molecule has 2 aromatic rings. The summed E-state index contributed by atoms with van der Waals surface area (Å²) in [5, 5.41) is 3.58. The molecular formula is C23H31NO. The minimum Gasteiger partial charge on any atom is -0.456 e. The van der Waals surface area contributed by atoms with E-state index in [1.54, 1.807) is 0 Å². The third-order valence-electron chi connectivity index (χ3n) is 5.12. The van der Waals surface area contributed by atoms with Crippen LogP contribution < -0.4 is 10.1 Å². The molecule has 1 heterocycles. The summed E-state index contributed by atoms with van der Waals surface area (Å²) >= 11 is 0. The second kappa shape index (κ2) is 6.74. The molecule has 0 spiro atoms. The molecule has 0 bridgehead atoms. The van der Waals surface area contributed by atoms with Crippen LogP contribution in [-0.4, -0.2) is 5.54 Å². The number of nitrogens with one attached hydrogen (secondary N) is 1. The Bertz CT molecular complexity index is 757. The van der Waals surface area contributed by atoms with Gasteiger partial charge in [0.05, 0.1) is 0 Å². The van der Waals surface area contributed by atoms with Gasteiger partial charge in [0.15, 0.2) is 0 Å². The Hall–Kier alpha value is -1.96. The number of anilines is 1. The third-order valence-corrected chi connectivity index (χ3v) is 5.12. The summed E-state index contributed by atoms with van der Waals surface area (Å²) in [5.41, 5.74) is 5.18. The predicted octanol–water partition coefficient (Wildman–Crippen LogP) is 7.06. The number of para-hydroxylation sites is 1. The van der Waals surface area contributed by atoms with Gasteiger partial charge in [0, 0.05) is 28.3 Å². The van der Waals surface area contributed by atoms with Crippen LogP contribution in [0, 0.1) is 0 Å². The first-order chi connectivity index (χ1) is 11.8. The number of fused-ring (bicyclic) bond motifs is 2. The van der Waals surface area contributed by atoms with Crippen LogP contribution in [-0.2, 0) is 0 Å². The zero-order chi connectivity index (χ0) is 18.2. The van der Waals surface area contributed by atoms with Crippen molar-refractivity contribution in [3.63, 3.8) is 0 Å². The average Bonchev–Trinajstić information content (AvgIpc) is 2.57. The van der Waals surface area contributed by atoms with E-state index >= 15 is 0 Å². The predicted molar refractivity (Wildman–Crippen MR) is 107 cm³/mol. The quantitative estimate of drug-likeness (QED) is 0.645. The zero-order valence-electron chi connectivity index (χ0n) is 16.4. The number of hydrogen-bond donors (Lipinski definition) is 1. The second-order valence-corrected chi connectivity index (χ2v) is 8.27. The lowest BCUT2D eigenvalue weighted by Crippen LogP contribution is -2.26. The highest BCUT2D eigenvalue weighted by molar-refractivity contribution is 5.61. The van der Waals surface area contributed by atoms with Crippen LogP contribution in [0.5, 0.6) is 11.5 Å². The molecule has 0 saturated heterocycles. The molecule has 0 saturated carbocycles. The normalized spacial score (nSPS) is 17.3. The molecule has 2 nitrogen and oxygen atoms in total. The van der Waals surface area contributed by atoms with Crippen molar-refractivity contribution in [2.75, 3.05) is 5.32 Å². The lowest BCUT2D eigenvalue weighted by atomic mass is 9.83. The molecule has 0 amide bonds. The minimum atomic E-state index is 0.0487. The molecule has 2 unspecified atom stereocenters. The van der Waals surface area contributed by atoms with E-state index in [0.29, 0.717) is 11.8 Å². The van der Waals surface area contributed by atoms with Crippen LogP contribution in [0.1, 0.15) is 82.9 Å². The van der Waals surface area contributed by atoms with Crippen molar-refractivity contribution in [1.82, 2.24) is 0 Å². The first-order valence-electron chi connectivity index (χ1n) is 9.56. The van der Waals surface area contributed by atoms with Gasteiger partial charge in [-0.3, -0.25) is 0 Å². The standard InChI is InChI=1S/C23H31NO/c1-7-15(3)18-10-9-11-19-17(8-2)20-14-16(24-23(4,5)6)12-13-21(20)25-22(18)19/h9-15,17,24H,7-8H2,1-6H3. The summed E-state index contributed by atoms with van der Waals surface area (Å²) in [4.78, 5) is 0. The third kappa shape index (κ3) is 3.53. The van der Waals surface area contributed by atoms with Crippen molar-refractivity contribution in [2.24, 2.45) is 0 Å². The van der Waals surface area contributed by atoms with Crippen molar-refractivity contribution in [3.8, 4) is 11.5 Å². The number of rotatable bonds is 4. The monoisotopic (exact) mass is 337 g/mol. The van der Waals surface area contributed by atoms with E-state index in [0.717, 1.165) is 30.0 Å². The molecule has 0 fully saturated rings. The number of benzene rings is 2. The Morgan fingerprint density at radius 3 is 2.48 bits per heavy atom. The maximum absolute atomic E-state index is 6.42. The van der Waals surface area contributed by atoms with Crippen LogP contribution in [0.2, 0.25) is 0 Å². The fourth-order valence-corrected chi connectivity index (χ4v) is 3.72.